The van der Waals surface area contributed by atoms with E-state index in [0.29, 0.717) is 17.7 Å². The summed E-state index contributed by atoms with van der Waals surface area (Å²) < 4.78 is 1.79. The van der Waals surface area contributed by atoms with E-state index in [1.54, 1.807) is 22.8 Å². The fraction of sp³-hybridized carbons (Fsp3) is 0.364. The van der Waals surface area contributed by atoms with Crippen LogP contribution in [0.25, 0.3) is 5.69 Å². The third-order valence-electron chi connectivity index (χ3n) is 6.15. The van der Waals surface area contributed by atoms with Crippen LogP contribution in [-0.4, -0.2) is 45.3 Å². The smallest absolute Gasteiger partial charge is 0.323 e. The van der Waals surface area contributed by atoms with Gasteiger partial charge >= 0.3 is 6.03 Å². The van der Waals surface area contributed by atoms with E-state index in [0.717, 1.165) is 24.2 Å². The molecule has 1 aromatic heterocycles. The number of hydrazine groups is 1. The summed E-state index contributed by atoms with van der Waals surface area (Å²) in [5.74, 6) is -1.53. The van der Waals surface area contributed by atoms with Crippen molar-refractivity contribution in [1.29, 1.82) is 0 Å². The summed E-state index contributed by atoms with van der Waals surface area (Å²) in [4.78, 5) is 51.3. The molecule has 2 fully saturated rings. The molecule has 2 heterocycles. The monoisotopic (exact) mass is 423 g/mol. The lowest BCUT2D eigenvalue weighted by Crippen LogP contribution is -2.54. The third kappa shape index (κ3) is 3.78. The molecule has 1 saturated carbocycles. The van der Waals surface area contributed by atoms with Crippen molar-refractivity contribution in [3.05, 3.63) is 54.4 Å². The van der Waals surface area contributed by atoms with Crippen LogP contribution in [0, 0.1) is 5.92 Å². The molecule has 1 spiro atoms. The van der Waals surface area contributed by atoms with Crippen molar-refractivity contribution in [1.82, 2.24) is 25.6 Å². The number of nitrogens with zero attached hydrogens (tertiary/aromatic N) is 2. The lowest BCUT2D eigenvalue weighted by Gasteiger charge is -2.36. The Bertz CT molecular complexity index is 1020. The second-order valence-corrected chi connectivity index (χ2v) is 8.05. The van der Waals surface area contributed by atoms with Gasteiger partial charge in [-0.25, -0.2) is 4.79 Å². The molecule has 2 unspecified atom stereocenters. The quantitative estimate of drug-likeness (QED) is 0.514. The van der Waals surface area contributed by atoms with Gasteiger partial charge in [-0.05, 0) is 43.0 Å². The zero-order valence-electron chi connectivity index (χ0n) is 17.3. The van der Waals surface area contributed by atoms with E-state index in [-0.39, 0.29) is 11.8 Å². The van der Waals surface area contributed by atoms with Gasteiger partial charge in [-0.2, -0.15) is 0 Å². The van der Waals surface area contributed by atoms with E-state index in [2.05, 4.69) is 16.2 Å². The Morgan fingerprint density at radius 2 is 1.84 bits per heavy atom. The summed E-state index contributed by atoms with van der Waals surface area (Å²) in [5.41, 5.74) is 4.76. The van der Waals surface area contributed by atoms with Gasteiger partial charge in [0.15, 0.2) is 0 Å². The van der Waals surface area contributed by atoms with Crippen molar-refractivity contribution in [2.45, 2.75) is 38.1 Å². The van der Waals surface area contributed by atoms with Crippen molar-refractivity contribution in [2.75, 3.05) is 6.54 Å². The number of rotatable bonds is 4. The summed E-state index contributed by atoms with van der Waals surface area (Å²) >= 11 is 0. The van der Waals surface area contributed by atoms with Crippen molar-refractivity contribution in [3.63, 3.8) is 0 Å². The molecule has 9 heteroatoms. The summed E-state index contributed by atoms with van der Waals surface area (Å²) in [5, 5.41) is 2.81. The van der Waals surface area contributed by atoms with Crippen molar-refractivity contribution >= 4 is 23.8 Å². The number of nitrogens with one attached hydrogen (secondary N) is 3. The zero-order chi connectivity index (χ0) is 22.0. The molecule has 162 valence electrons. The van der Waals surface area contributed by atoms with Gasteiger partial charge < -0.3 is 9.88 Å². The molecule has 9 nitrogen and oxygen atoms in total. The van der Waals surface area contributed by atoms with E-state index < -0.39 is 29.9 Å². The van der Waals surface area contributed by atoms with Gasteiger partial charge in [-0.1, -0.05) is 31.9 Å². The Kier molecular flexibility index (Phi) is 5.50. The minimum Gasteiger partial charge on any atom is -0.323 e. The van der Waals surface area contributed by atoms with Crippen LogP contribution < -0.4 is 16.2 Å². The second kappa shape index (κ2) is 8.25. The highest BCUT2D eigenvalue weighted by Gasteiger charge is 2.55. The van der Waals surface area contributed by atoms with Crippen LogP contribution in [0.1, 0.15) is 43.0 Å². The maximum atomic E-state index is 12.9. The number of aromatic nitrogens is 1. The van der Waals surface area contributed by atoms with Crippen molar-refractivity contribution in [2.24, 2.45) is 5.92 Å². The maximum Gasteiger partial charge on any atom is 0.325 e. The Morgan fingerprint density at radius 1 is 1.10 bits per heavy atom. The van der Waals surface area contributed by atoms with Gasteiger partial charge in [-0.15, -0.1) is 0 Å². The van der Waals surface area contributed by atoms with Crippen LogP contribution in [0.4, 0.5) is 4.79 Å². The molecule has 1 aromatic carbocycles. The highest BCUT2D eigenvalue weighted by molar-refractivity contribution is 6.09. The van der Waals surface area contributed by atoms with E-state index in [1.807, 2.05) is 37.5 Å². The third-order valence-corrected chi connectivity index (χ3v) is 6.15. The number of para-hydroxylation sites is 1. The molecule has 1 saturated heterocycles. The molecule has 0 bridgehead atoms. The van der Waals surface area contributed by atoms with Crippen LogP contribution in [0.3, 0.4) is 0 Å². The number of carbonyl (C=O) groups is 4. The Labute approximate surface area is 179 Å². The molecular formula is C22H25N5O4. The molecule has 2 atom stereocenters. The average Bonchev–Trinajstić information content (AvgIpc) is 3.38. The van der Waals surface area contributed by atoms with E-state index in [9.17, 15) is 19.2 Å². The molecule has 1 aliphatic carbocycles. The number of carbonyl (C=O) groups excluding carboxylic acids is 4. The van der Waals surface area contributed by atoms with Gasteiger partial charge in [0.25, 0.3) is 17.7 Å². The minimum atomic E-state index is -0.922. The number of amides is 5. The predicted molar refractivity (Wildman–Crippen MR) is 112 cm³/mol. The molecule has 2 aliphatic rings. The van der Waals surface area contributed by atoms with E-state index in [4.69, 9.17) is 0 Å². The number of imide groups is 1. The SMILES string of the molecule is CC1CCCCC12NC(=O)N(CC(=O)NNC(=O)c1ccccc1-n1cccc1)C2=O. The highest BCUT2D eigenvalue weighted by Crippen LogP contribution is 2.38. The number of benzene rings is 1. The van der Waals surface area contributed by atoms with Gasteiger partial charge in [0.1, 0.15) is 12.1 Å². The summed E-state index contributed by atoms with van der Waals surface area (Å²) in [6, 6.07) is 10.1. The van der Waals surface area contributed by atoms with Gasteiger partial charge in [0.2, 0.25) is 0 Å². The van der Waals surface area contributed by atoms with Crippen LogP contribution in [0.15, 0.2) is 48.8 Å². The second-order valence-electron chi connectivity index (χ2n) is 8.05. The first-order chi connectivity index (χ1) is 14.9. The zero-order valence-corrected chi connectivity index (χ0v) is 17.3. The largest absolute Gasteiger partial charge is 0.325 e. The first kappa shape index (κ1) is 20.6. The molecule has 4 rings (SSSR count). The molecule has 1 aliphatic heterocycles. The molecule has 3 N–H and O–H groups in total. The fourth-order valence-electron chi connectivity index (χ4n) is 4.40. The summed E-state index contributed by atoms with van der Waals surface area (Å²) in [7, 11) is 0. The predicted octanol–water partition coefficient (Wildman–Crippen LogP) is 1.74. The Hall–Kier alpha value is -3.62. The normalized spacial score (nSPS) is 23.0. The fourth-order valence-corrected chi connectivity index (χ4v) is 4.40. The van der Waals surface area contributed by atoms with Crippen LogP contribution >= 0.6 is 0 Å². The molecule has 0 radical (unpaired) electrons. The Morgan fingerprint density at radius 3 is 2.58 bits per heavy atom. The summed E-state index contributed by atoms with van der Waals surface area (Å²) in [6.45, 7) is 1.49. The Balaban J connectivity index is 1.39. The van der Waals surface area contributed by atoms with E-state index >= 15 is 0 Å². The van der Waals surface area contributed by atoms with Crippen molar-refractivity contribution < 1.29 is 19.2 Å². The molecule has 2 aromatic rings. The van der Waals surface area contributed by atoms with Crippen LogP contribution in [0.5, 0.6) is 0 Å². The minimum absolute atomic E-state index is 0.00986. The maximum absolute atomic E-state index is 12.9. The van der Waals surface area contributed by atoms with Gasteiger partial charge in [0, 0.05) is 12.4 Å². The summed E-state index contributed by atoms with van der Waals surface area (Å²) in [6.07, 6.45) is 6.91. The lowest BCUT2D eigenvalue weighted by molar-refractivity contribution is -0.137. The number of hydrogen-bond acceptors (Lipinski definition) is 4. The van der Waals surface area contributed by atoms with Crippen LogP contribution in [-0.2, 0) is 9.59 Å². The highest BCUT2D eigenvalue weighted by atomic mass is 16.2. The molecule has 5 amide bonds. The van der Waals surface area contributed by atoms with Gasteiger partial charge in [0.05, 0.1) is 11.3 Å². The first-order valence-electron chi connectivity index (χ1n) is 10.4. The topological polar surface area (TPSA) is 113 Å². The standard InChI is InChI=1S/C22H25N5O4/c1-15-8-4-5-11-22(15)20(30)27(21(31)23-22)14-18(28)24-25-19(29)16-9-2-3-10-17(16)26-12-6-7-13-26/h2-3,6-7,9-10,12-13,15H,4-5,8,11,14H2,1H3,(H,23,31)(H,24,28)(H,25,29). The number of hydrogen-bond donors (Lipinski definition) is 3. The molecular weight excluding hydrogens is 398 g/mol. The van der Waals surface area contributed by atoms with E-state index in [1.165, 1.54) is 0 Å². The number of urea groups is 1. The van der Waals surface area contributed by atoms with Crippen molar-refractivity contribution in [3.8, 4) is 5.69 Å². The molecule has 31 heavy (non-hydrogen) atoms. The lowest BCUT2D eigenvalue weighted by atomic mass is 9.73. The van der Waals surface area contributed by atoms with Gasteiger partial charge in [-0.3, -0.25) is 30.1 Å². The van der Waals surface area contributed by atoms with Crippen LogP contribution in [0.2, 0.25) is 0 Å². The average molecular weight is 423 g/mol. The first-order valence-corrected chi connectivity index (χ1v) is 10.4.